The van der Waals surface area contributed by atoms with Crippen LogP contribution in [0, 0.1) is 0 Å². The van der Waals surface area contributed by atoms with E-state index in [9.17, 15) is 13.2 Å². The number of sulfonamides is 1. The molecule has 88 valence electrons. The van der Waals surface area contributed by atoms with Crippen molar-refractivity contribution >= 4 is 16.0 Å². The number of rotatable bonds is 4. The van der Waals surface area contributed by atoms with Gasteiger partial charge in [0.1, 0.15) is 0 Å². The third-order valence-electron chi connectivity index (χ3n) is 2.37. The monoisotopic (exact) mass is 236 g/mol. The Kier molecular flexibility index (Phi) is 4.06. The lowest BCUT2D eigenvalue weighted by atomic mass is 10.3. The van der Waals surface area contributed by atoms with Gasteiger partial charge in [-0.3, -0.25) is 4.79 Å². The van der Waals surface area contributed by atoms with Crippen LogP contribution in [0.4, 0.5) is 0 Å². The lowest BCUT2D eigenvalue weighted by Gasteiger charge is -2.32. The van der Waals surface area contributed by atoms with Crippen molar-refractivity contribution in [3.63, 3.8) is 0 Å². The number of carboxylic acids is 1. The standard InChI is InChI=1S/C8H16N2O4S/c1-7-6-9-3-4-10(7)15(13,14)5-2-8(11)12/h7,9H,2-6H2,1H3,(H,11,12)/t7-/m1/s1. The summed E-state index contributed by atoms with van der Waals surface area (Å²) in [6, 6.07) is -0.0995. The van der Waals surface area contributed by atoms with Gasteiger partial charge in [0.2, 0.25) is 10.0 Å². The number of hydrogen-bond donors (Lipinski definition) is 2. The highest BCUT2D eigenvalue weighted by Crippen LogP contribution is 2.10. The molecule has 7 heteroatoms. The summed E-state index contributed by atoms with van der Waals surface area (Å²) in [5.74, 6) is -1.39. The molecule has 1 saturated heterocycles. The number of carbonyl (C=O) groups is 1. The molecule has 0 aliphatic carbocycles. The van der Waals surface area contributed by atoms with Crippen LogP contribution in [0.2, 0.25) is 0 Å². The number of aliphatic carboxylic acids is 1. The van der Waals surface area contributed by atoms with E-state index < -0.39 is 16.0 Å². The number of nitrogens with zero attached hydrogens (tertiary/aromatic N) is 1. The van der Waals surface area contributed by atoms with Crippen LogP contribution >= 0.6 is 0 Å². The number of piperazine rings is 1. The Morgan fingerprint density at radius 1 is 1.60 bits per heavy atom. The molecule has 0 amide bonds. The van der Waals surface area contributed by atoms with Crippen molar-refractivity contribution in [1.82, 2.24) is 9.62 Å². The van der Waals surface area contributed by atoms with E-state index in [0.717, 1.165) is 0 Å². The highest BCUT2D eigenvalue weighted by Gasteiger charge is 2.29. The summed E-state index contributed by atoms with van der Waals surface area (Å²) in [7, 11) is -3.42. The molecule has 0 spiro atoms. The van der Waals surface area contributed by atoms with E-state index in [4.69, 9.17) is 5.11 Å². The maximum Gasteiger partial charge on any atom is 0.304 e. The fourth-order valence-corrected chi connectivity index (χ4v) is 3.23. The first kappa shape index (κ1) is 12.4. The molecular formula is C8H16N2O4S. The maximum atomic E-state index is 11.7. The summed E-state index contributed by atoms with van der Waals surface area (Å²) in [6.07, 6.45) is -0.334. The summed E-state index contributed by atoms with van der Waals surface area (Å²) in [6.45, 7) is 3.47. The zero-order valence-electron chi connectivity index (χ0n) is 8.64. The molecule has 0 aromatic carbocycles. The van der Waals surface area contributed by atoms with Crippen molar-refractivity contribution in [3.8, 4) is 0 Å². The van der Waals surface area contributed by atoms with E-state index in [1.807, 2.05) is 6.92 Å². The molecule has 0 bridgehead atoms. The normalized spacial score (nSPS) is 23.9. The van der Waals surface area contributed by atoms with Crippen LogP contribution in [0.25, 0.3) is 0 Å². The van der Waals surface area contributed by atoms with Gasteiger partial charge < -0.3 is 10.4 Å². The van der Waals surface area contributed by atoms with Crippen LogP contribution < -0.4 is 5.32 Å². The van der Waals surface area contributed by atoms with Gasteiger partial charge >= 0.3 is 5.97 Å². The van der Waals surface area contributed by atoms with Gasteiger partial charge in [-0.05, 0) is 6.92 Å². The van der Waals surface area contributed by atoms with Crippen LogP contribution in [0.3, 0.4) is 0 Å². The number of nitrogens with one attached hydrogen (secondary N) is 1. The van der Waals surface area contributed by atoms with Crippen molar-refractivity contribution in [2.75, 3.05) is 25.4 Å². The Morgan fingerprint density at radius 3 is 2.80 bits per heavy atom. The minimum absolute atomic E-state index is 0.0995. The van der Waals surface area contributed by atoms with E-state index in [1.165, 1.54) is 4.31 Å². The Morgan fingerprint density at radius 2 is 2.27 bits per heavy atom. The lowest BCUT2D eigenvalue weighted by molar-refractivity contribution is -0.136. The highest BCUT2D eigenvalue weighted by molar-refractivity contribution is 7.89. The van der Waals surface area contributed by atoms with E-state index in [0.29, 0.717) is 19.6 Å². The molecular weight excluding hydrogens is 220 g/mol. The van der Waals surface area contributed by atoms with Crippen molar-refractivity contribution in [2.24, 2.45) is 0 Å². The first-order valence-electron chi connectivity index (χ1n) is 4.85. The number of hydrogen-bond acceptors (Lipinski definition) is 4. The summed E-state index contributed by atoms with van der Waals surface area (Å²) in [4.78, 5) is 10.3. The third kappa shape index (κ3) is 3.44. The predicted octanol–water partition coefficient (Wildman–Crippen LogP) is -0.915. The molecule has 0 unspecified atom stereocenters. The first-order chi connectivity index (χ1) is 6.93. The Labute approximate surface area is 89.3 Å². The Balaban J connectivity index is 2.63. The topological polar surface area (TPSA) is 86.7 Å². The largest absolute Gasteiger partial charge is 0.481 e. The quantitative estimate of drug-likeness (QED) is 0.659. The highest BCUT2D eigenvalue weighted by atomic mass is 32.2. The maximum absolute atomic E-state index is 11.7. The third-order valence-corrected chi connectivity index (χ3v) is 4.35. The minimum atomic E-state index is -3.42. The van der Waals surface area contributed by atoms with E-state index in [-0.39, 0.29) is 18.2 Å². The molecule has 0 radical (unpaired) electrons. The molecule has 0 saturated carbocycles. The van der Waals surface area contributed by atoms with Crippen molar-refractivity contribution in [1.29, 1.82) is 0 Å². The second kappa shape index (κ2) is 4.91. The molecule has 1 heterocycles. The van der Waals surface area contributed by atoms with Gasteiger partial charge in [-0.1, -0.05) is 0 Å². The van der Waals surface area contributed by atoms with Gasteiger partial charge in [0.25, 0.3) is 0 Å². The average molecular weight is 236 g/mol. The van der Waals surface area contributed by atoms with Gasteiger partial charge in [0.15, 0.2) is 0 Å². The van der Waals surface area contributed by atoms with Gasteiger partial charge in [-0.25, -0.2) is 8.42 Å². The molecule has 1 atom stereocenters. The van der Waals surface area contributed by atoms with Crippen LogP contribution in [-0.2, 0) is 14.8 Å². The van der Waals surface area contributed by atoms with E-state index in [1.54, 1.807) is 0 Å². The van der Waals surface area contributed by atoms with E-state index >= 15 is 0 Å². The second-order valence-electron chi connectivity index (χ2n) is 3.62. The molecule has 1 aliphatic rings. The van der Waals surface area contributed by atoms with Crippen molar-refractivity contribution < 1.29 is 18.3 Å². The van der Waals surface area contributed by atoms with Gasteiger partial charge in [-0.15, -0.1) is 0 Å². The van der Waals surface area contributed by atoms with Crippen molar-refractivity contribution in [2.45, 2.75) is 19.4 Å². The zero-order valence-corrected chi connectivity index (χ0v) is 9.46. The van der Waals surface area contributed by atoms with Gasteiger partial charge in [0, 0.05) is 25.7 Å². The van der Waals surface area contributed by atoms with Gasteiger partial charge in [-0.2, -0.15) is 4.31 Å². The molecule has 15 heavy (non-hydrogen) atoms. The first-order valence-corrected chi connectivity index (χ1v) is 6.46. The van der Waals surface area contributed by atoms with Crippen LogP contribution in [0.1, 0.15) is 13.3 Å². The molecule has 2 N–H and O–H groups in total. The lowest BCUT2D eigenvalue weighted by Crippen LogP contribution is -2.52. The summed E-state index contributed by atoms with van der Waals surface area (Å²) >= 11 is 0. The van der Waals surface area contributed by atoms with E-state index in [2.05, 4.69) is 5.32 Å². The fourth-order valence-electron chi connectivity index (χ4n) is 1.57. The molecule has 1 rings (SSSR count). The Hall–Kier alpha value is -0.660. The smallest absolute Gasteiger partial charge is 0.304 e. The molecule has 1 aliphatic heterocycles. The summed E-state index contributed by atoms with van der Waals surface area (Å²) in [5.41, 5.74) is 0. The predicted molar refractivity (Wildman–Crippen MR) is 55.1 cm³/mol. The van der Waals surface area contributed by atoms with Crippen LogP contribution in [0.15, 0.2) is 0 Å². The molecule has 0 aromatic rings. The molecule has 0 aromatic heterocycles. The zero-order chi connectivity index (χ0) is 11.5. The summed E-state index contributed by atoms with van der Waals surface area (Å²) < 4.78 is 24.9. The van der Waals surface area contributed by atoms with Crippen LogP contribution in [0.5, 0.6) is 0 Å². The number of carboxylic acid groups (broad SMARTS) is 1. The van der Waals surface area contributed by atoms with Crippen LogP contribution in [-0.4, -0.2) is 55.2 Å². The summed E-state index contributed by atoms with van der Waals surface area (Å²) in [5, 5.41) is 11.5. The molecule has 6 nitrogen and oxygen atoms in total. The SMILES string of the molecule is C[C@@H]1CNCCN1S(=O)(=O)CCC(=O)O. The molecule has 1 fully saturated rings. The minimum Gasteiger partial charge on any atom is -0.481 e. The Bertz CT molecular complexity index is 328. The van der Waals surface area contributed by atoms with Gasteiger partial charge in [0.05, 0.1) is 12.2 Å². The van der Waals surface area contributed by atoms with Crippen molar-refractivity contribution in [3.05, 3.63) is 0 Å². The second-order valence-corrected chi connectivity index (χ2v) is 5.66. The fraction of sp³-hybridized carbons (Fsp3) is 0.875. The average Bonchev–Trinajstić information content (AvgIpc) is 2.15.